The molecule has 0 spiro atoms. The van der Waals surface area contributed by atoms with Crippen LogP contribution in [0.1, 0.15) is 46.0 Å². The third-order valence-electron chi connectivity index (χ3n) is 3.66. The number of carbonyl (C=O) groups is 1. The van der Waals surface area contributed by atoms with Crippen LogP contribution in [-0.4, -0.2) is 36.7 Å². The van der Waals surface area contributed by atoms with Crippen LogP contribution in [0.3, 0.4) is 0 Å². The molecule has 2 heterocycles. The highest BCUT2D eigenvalue weighted by atomic mass is 16.5. The van der Waals surface area contributed by atoms with E-state index in [-0.39, 0.29) is 17.6 Å². The molecule has 2 aliphatic heterocycles. The molecule has 0 bridgehead atoms. The van der Waals surface area contributed by atoms with Gasteiger partial charge in [-0.3, -0.25) is 4.79 Å². The van der Waals surface area contributed by atoms with E-state index in [2.05, 4.69) is 24.5 Å². The van der Waals surface area contributed by atoms with Crippen molar-refractivity contribution >= 4 is 5.91 Å². The minimum absolute atomic E-state index is 0.0954. The Morgan fingerprint density at radius 1 is 1.47 bits per heavy atom. The summed E-state index contributed by atoms with van der Waals surface area (Å²) in [7, 11) is 0. The van der Waals surface area contributed by atoms with Crippen LogP contribution in [0.15, 0.2) is 0 Å². The third-order valence-corrected chi connectivity index (χ3v) is 3.66. The predicted molar refractivity (Wildman–Crippen MR) is 66.8 cm³/mol. The summed E-state index contributed by atoms with van der Waals surface area (Å²) in [6, 6.07) is 0.676. The highest BCUT2D eigenvalue weighted by molar-refractivity contribution is 5.77. The van der Waals surface area contributed by atoms with Gasteiger partial charge in [-0.15, -0.1) is 0 Å². The molecule has 2 unspecified atom stereocenters. The van der Waals surface area contributed by atoms with Crippen LogP contribution in [0, 0.1) is 0 Å². The van der Waals surface area contributed by atoms with Gasteiger partial charge in [0, 0.05) is 25.1 Å². The van der Waals surface area contributed by atoms with Gasteiger partial charge in [-0.2, -0.15) is 0 Å². The number of rotatable bonds is 3. The molecule has 0 saturated carbocycles. The fourth-order valence-electron chi connectivity index (χ4n) is 2.80. The van der Waals surface area contributed by atoms with Crippen LogP contribution in [0.2, 0.25) is 0 Å². The van der Waals surface area contributed by atoms with Gasteiger partial charge in [0.15, 0.2) is 0 Å². The Balaban J connectivity index is 1.74. The zero-order valence-corrected chi connectivity index (χ0v) is 10.9. The standard InChI is InChI=1S/C13H24N2O2/c1-13(2)9-11(5-7-17-13)15-12(16)8-10-4-3-6-14-10/h10-11,14H,3-9H2,1-2H3,(H,15,16). The zero-order valence-electron chi connectivity index (χ0n) is 10.9. The fourth-order valence-corrected chi connectivity index (χ4v) is 2.80. The number of ether oxygens (including phenoxy) is 1. The monoisotopic (exact) mass is 240 g/mol. The van der Waals surface area contributed by atoms with Crippen LogP contribution >= 0.6 is 0 Å². The van der Waals surface area contributed by atoms with Crippen molar-refractivity contribution in [3.8, 4) is 0 Å². The summed E-state index contributed by atoms with van der Waals surface area (Å²) in [6.07, 6.45) is 4.80. The first-order valence-corrected chi connectivity index (χ1v) is 6.72. The second-order valence-electron chi connectivity index (χ2n) is 5.86. The van der Waals surface area contributed by atoms with Crippen molar-refractivity contribution in [2.24, 2.45) is 0 Å². The van der Waals surface area contributed by atoms with Crippen LogP contribution in [0.25, 0.3) is 0 Å². The van der Waals surface area contributed by atoms with E-state index in [1.54, 1.807) is 0 Å². The van der Waals surface area contributed by atoms with Crippen LogP contribution in [-0.2, 0) is 9.53 Å². The fraction of sp³-hybridized carbons (Fsp3) is 0.923. The van der Waals surface area contributed by atoms with Crippen molar-refractivity contribution < 1.29 is 9.53 Å². The largest absolute Gasteiger partial charge is 0.375 e. The van der Waals surface area contributed by atoms with Crippen molar-refractivity contribution in [3.63, 3.8) is 0 Å². The van der Waals surface area contributed by atoms with Gasteiger partial charge < -0.3 is 15.4 Å². The summed E-state index contributed by atoms with van der Waals surface area (Å²) in [5.74, 6) is 0.187. The van der Waals surface area contributed by atoms with Crippen LogP contribution < -0.4 is 10.6 Å². The van der Waals surface area contributed by atoms with E-state index in [0.29, 0.717) is 12.5 Å². The first-order chi connectivity index (χ1) is 8.05. The lowest BCUT2D eigenvalue weighted by Crippen LogP contribution is -2.46. The second-order valence-corrected chi connectivity index (χ2v) is 5.86. The summed E-state index contributed by atoms with van der Waals surface area (Å²) in [4.78, 5) is 11.9. The highest BCUT2D eigenvalue weighted by Gasteiger charge is 2.30. The van der Waals surface area contributed by atoms with Crippen molar-refractivity contribution in [1.29, 1.82) is 0 Å². The molecule has 2 aliphatic rings. The quantitative estimate of drug-likeness (QED) is 0.779. The molecular formula is C13H24N2O2. The highest BCUT2D eigenvalue weighted by Crippen LogP contribution is 2.24. The molecule has 98 valence electrons. The molecule has 4 heteroatoms. The predicted octanol–water partition coefficient (Wildman–Crippen LogP) is 1.20. The number of hydrogen-bond acceptors (Lipinski definition) is 3. The van der Waals surface area contributed by atoms with E-state index in [0.717, 1.165) is 32.4 Å². The Hall–Kier alpha value is -0.610. The Kier molecular flexibility index (Phi) is 4.05. The molecular weight excluding hydrogens is 216 g/mol. The average molecular weight is 240 g/mol. The van der Waals surface area contributed by atoms with E-state index in [4.69, 9.17) is 4.74 Å². The smallest absolute Gasteiger partial charge is 0.221 e. The van der Waals surface area contributed by atoms with Gasteiger partial charge in [0.2, 0.25) is 5.91 Å². The molecule has 0 aromatic heterocycles. The van der Waals surface area contributed by atoms with E-state index >= 15 is 0 Å². The number of hydrogen-bond donors (Lipinski definition) is 2. The second kappa shape index (κ2) is 5.36. The van der Waals surface area contributed by atoms with Gasteiger partial charge in [0.05, 0.1) is 5.60 Å². The van der Waals surface area contributed by atoms with Crippen LogP contribution in [0.5, 0.6) is 0 Å². The summed E-state index contributed by atoms with van der Waals surface area (Å²) < 4.78 is 5.65. The van der Waals surface area contributed by atoms with Gasteiger partial charge in [-0.05, 0) is 46.1 Å². The molecule has 2 atom stereocenters. The molecule has 0 aromatic carbocycles. The molecule has 0 aromatic rings. The first kappa shape index (κ1) is 12.8. The van der Waals surface area contributed by atoms with Crippen molar-refractivity contribution in [1.82, 2.24) is 10.6 Å². The third kappa shape index (κ3) is 3.96. The molecule has 2 saturated heterocycles. The summed E-state index contributed by atoms with van der Waals surface area (Å²) >= 11 is 0. The minimum Gasteiger partial charge on any atom is -0.375 e. The Morgan fingerprint density at radius 3 is 2.94 bits per heavy atom. The normalized spacial score (nSPS) is 32.4. The van der Waals surface area contributed by atoms with Gasteiger partial charge in [-0.1, -0.05) is 0 Å². The number of amides is 1. The van der Waals surface area contributed by atoms with E-state index in [1.807, 2.05) is 0 Å². The molecule has 17 heavy (non-hydrogen) atoms. The first-order valence-electron chi connectivity index (χ1n) is 6.72. The molecule has 2 rings (SSSR count). The van der Waals surface area contributed by atoms with Gasteiger partial charge in [-0.25, -0.2) is 0 Å². The Bertz CT molecular complexity index is 273. The van der Waals surface area contributed by atoms with E-state index in [1.165, 1.54) is 6.42 Å². The van der Waals surface area contributed by atoms with Gasteiger partial charge >= 0.3 is 0 Å². The SMILES string of the molecule is CC1(C)CC(NC(=O)CC2CCCN2)CCO1. The van der Waals surface area contributed by atoms with Crippen molar-refractivity contribution in [2.75, 3.05) is 13.2 Å². The molecule has 4 nitrogen and oxygen atoms in total. The number of nitrogens with one attached hydrogen (secondary N) is 2. The molecule has 0 aliphatic carbocycles. The lowest BCUT2D eigenvalue weighted by Gasteiger charge is -2.35. The van der Waals surface area contributed by atoms with Gasteiger partial charge in [0.25, 0.3) is 0 Å². The van der Waals surface area contributed by atoms with E-state index in [9.17, 15) is 4.79 Å². The summed E-state index contributed by atoms with van der Waals surface area (Å²) in [5, 5.41) is 6.50. The van der Waals surface area contributed by atoms with Gasteiger partial charge in [0.1, 0.15) is 0 Å². The lowest BCUT2D eigenvalue weighted by molar-refractivity contribution is -0.124. The zero-order chi connectivity index (χ0) is 12.3. The van der Waals surface area contributed by atoms with Crippen LogP contribution in [0.4, 0.5) is 0 Å². The molecule has 2 N–H and O–H groups in total. The molecule has 2 fully saturated rings. The topological polar surface area (TPSA) is 50.4 Å². The maximum atomic E-state index is 11.9. The molecule has 1 amide bonds. The Morgan fingerprint density at radius 2 is 2.29 bits per heavy atom. The van der Waals surface area contributed by atoms with E-state index < -0.39 is 0 Å². The maximum Gasteiger partial charge on any atom is 0.221 e. The minimum atomic E-state index is -0.0954. The van der Waals surface area contributed by atoms with Crippen molar-refractivity contribution in [2.45, 2.75) is 63.6 Å². The molecule has 0 radical (unpaired) electrons. The van der Waals surface area contributed by atoms with Crippen molar-refractivity contribution in [3.05, 3.63) is 0 Å². The Labute approximate surface area is 103 Å². The maximum absolute atomic E-state index is 11.9. The summed E-state index contributed by atoms with van der Waals surface area (Å²) in [6.45, 7) is 5.98. The lowest BCUT2D eigenvalue weighted by atomic mass is 9.94. The summed E-state index contributed by atoms with van der Waals surface area (Å²) in [5.41, 5.74) is -0.0954. The number of carbonyl (C=O) groups excluding carboxylic acids is 1. The average Bonchev–Trinajstić information content (AvgIpc) is 2.68.